The van der Waals surface area contributed by atoms with Crippen LogP contribution in [0.1, 0.15) is 13.8 Å². The second kappa shape index (κ2) is 5.71. The van der Waals surface area contributed by atoms with Crippen LogP contribution < -0.4 is 18.1 Å². The molecule has 0 aliphatic rings. The molecule has 0 saturated carbocycles. The van der Waals surface area contributed by atoms with E-state index in [0.29, 0.717) is 0 Å². The maximum atomic E-state index is 6.48. The summed E-state index contributed by atoms with van der Waals surface area (Å²) in [6, 6.07) is 0. The van der Waals surface area contributed by atoms with E-state index in [2.05, 4.69) is 5.92 Å². The zero-order valence-corrected chi connectivity index (χ0v) is 7.33. The molecule has 3 heteroatoms. The Kier molecular flexibility index (Phi) is 11.3. The van der Waals surface area contributed by atoms with E-state index in [1.807, 2.05) is 0 Å². The molecule has 0 rings (SSSR count). The van der Waals surface area contributed by atoms with E-state index in [1.54, 1.807) is 13.8 Å². The van der Waals surface area contributed by atoms with Crippen molar-refractivity contribution in [3.8, 4) is 5.92 Å². The Labute approximate surface area is 73.0 Å². The SMILES string of the molecule is [C-]#CC(C)(C)N.[Cl-].[Mg+2]. The van der Waals surface area contributed by atoms with Crippen LogP contribution in [0.3, 0.4) is 0 Å². The van der Waals surface area contributed by atoms with Gasteiger partial charge in [0.2, 0.25) is 0 Å². The zero-order chi connectivity index (χ0) is 5.21. The van der Waals surface area contributed by atoms with Gasteiger partial charge in [-0.05, 0) is 13.8 Å². The van der Waals surface area contributed by atoms with Crippen molar-refractivity contribution >= 4 is 23.1 Å². The van der Waals surface area contributed by atoms with Gasteiger partial charge in [0.05, 0.1) is 0 Å². The molecule has 0 saturated heterocycles. The standard InChI is InChI=1S/C5H8N.ClH.Mg/c1-4-5(2,3)6;;/h6H2,2-3H3;1H;/q-1;;+2/p-1. The Morgan fingerprint density at radius 2 is 1.62 bits per heavy atom. The molecule has 0 heterocycles. The van der Waals surface area contributed by atoms with Crippen molar-refractivity contribution in [3.63, 3.8) is 0 Å². The predicted octanol–water partition coefficient (Wildman–Crippen LogP) is -3.06. The summed E-state index contributed by atoms with van der Waals surface area (Å²) in [4.78, 5) is 0. The van der Waals surface area contributed by atoms with Gasteiger partial charge in [0.25, 0.3) is 0 Å². The van der Waals surface area contributed by atoms with E-state index in [9.17, 15) is 0 Å². The Bertz CT molecular complexity index is 79.4. The van der Waals surface area contributed by atoms with Crippen molar-refractivity contribution in [3.05, 3.63) is 6.42 Å². The normalized spacial score (nSPS) is 7.75. The van der Waals surface area contributed by atoms with Gasteiger partial charge in [-0.25, -0.2) is 0 Å². The maximum Gasteiger partial charge on any atom is 2.00 e. The molecule has 0 bridgehead atoms. The van der Waals surface area contributed by atoms with Crippen LogP contribution in [0.15, 0.2) is 0 Å². The molecule has 0 aromatic rings. The smallest absolute Gasteiger partial charge is 1.00 e. The molecular weight excluding hydrogens is 134 g/mol. The van der Waals surface area contributed by atoms with Crippen molar-refractivity contribution in [2.24, 2.45) is 5.73 Å². The second-order valence-corrected chi connectivity index (χ2v) is 1.85. The van der Waals surface area contributed by atoms with E-state index in [4.69, 9.17) is 12.2 Å². The van der Waals surface area contributed by atoms with Crippen molar-refractivity contribution in [1.82, 2.24) is 0 Å². The third kappa shape index (κ3) is 16.0. The Morgan fingerprint density at radius 3 is 1.62 bits per heavy atom. The van der Waals surface area contributed by atoms with Gasteiger partial charge in [-0.1, -0.05) is 0 Å². The first-order valence-electron chi connectivity index (χ1n) is 1.79. The molecule has 0 spiro atoms. The molecule has 8 heavy (non-hydrogen) atoms. The summed E-state index contributed by atoms with van der Waals surface area (Å²) in [5.74, 6) is 2.13. The molecule has 1 nitrogen and oxygen atoms in total. The van der Waals surface area contributed by atoms with Crippen molar-refractivity contribution in [1.29, 1.82) is 0 Å². The minimum atomic E-state index is -0.542. The van der Waals surface area contributed by atoms with Crippen LogP contribution in [-0.4, -0.2) is 28.6 Å². The number of hydrogen-bond donors (Lipinski definition) is 1. The van der Waals surface area contributed by atoms with Gasteiger partial charge in [0.15, 0.2) is 0 Å². The fourth-order valence-electron chi connectivity index (χ4n) is 0. The summed E-state index contributed by atoms with van der Waals surface area (Å²) in [6.45, 7) is 3.44. The van der Waals surface area contributed by atoms with E-state index < -0.39 is 5.54 Å². The fourth-order valence-corrected chi connectivity index (χ4v) is 0. The van der Waals surface area contributed by atoms with Crippen LogP contribution in [-0.2, 0) is 0 Å². The van der Waals surface area contributed by atoms with Crippen LogP contribution in [0, 0.1) is 12.3 Å². The third-order valence-electron chi connectivity index (χ3n) is 0.322. The van der Waals surface area contributed by atoms with Crippen molar-refractivity contribution in [2.45, 2.75) is 19.4 Å². The summed E-state index contributed by atoms with van der Waals surface area (Å²) in [6.07, 6.45) is 6.48. The first-order valence-corrected chi connectivity index (χ1v) is 1.79. The Balaban J connectivity index is -0.000000125. The number of rotatable bonds is 0. The Hall–Kier alpha value is 0.576. The fraction of sp³-hybridized carbons (Fsp3) is 0.600. The topological polar surface area (TPSA) is 26.0 Å². The number of nitrogens with two attached hydrogens (primary N) is 1. The quantitative estimate of drug-likeness (QED) is 0.217. The first-order chi connectivity index (χ1) is 2.56. The van der Waals surface area contributed by atoms with Crippen LogP contribution in [0.4, 0.5) is 0 Å². The monoisotopic (exact) mass is 141 g/mol. The summed E-state index contributed by atoms with van der Waals surface area (Å²) < 4.78 is 0. The molecule has 2 N–H and O–H groups in total. The molecule has 0 aliphatic carbocycles. The molecule has 0 fully saturated rings. The van der Waals surface area contributed by atoms with E-state index in [-0.39, 0.29) is 35.5 Å². The molecule has 0 atom stereocenters. The molecule has 0 aromatic carbocycles. The average Bonchev–Trinajstić information content (AvgIpc) is 1.35. The van der Waals surface area contributed by atoms with Crippen molar-refractivity contribution in [2.75, 3.05) is 0 Å². The molecule has 0 amide bonds. The average molecular weight is 142 g/mol. The maximum absolute atomic E-state index is 6.48. The summed E-state index contributed by atoms with van der Waals surface area (Å²) in [5, 5.41) is 0. The van der Waals surface area contributed by atoms with Crippen molar-refractivity contribution < 1.29 is 12.4 Å². The van der Waals surface area contributed by atoms with Crippen LogP contribution in [0.5, 0.6) is 0 Å². The number of hydrogen-bond acceptors (Lipinski definition) is 1. The predicted molar refractivity (Wildman–Crippen MR) is 31.2 cm³/mol. The van der Waals surface area contributed by atoms with Gasteiger partial charge in [-0.3, -0.25) is 0 Å². The largest absolute Gasteiger partial charge is 2.00 e. The molecule has 0 unspecified atom stereocenters. The zero-order valence-electron chi connectivity index (χ0n) is 5.16. The first kappa shape index (κ1) is 15.8. The number of halogens is 1. The minimum absolute atomic E-state index is 0. The minimum Gasteiger partial charge on any atom is -1.00 e. The second-order valence-electron chi connectivity index (χ2n) is 1.85. The van der Waals surface area contributed by atoms with E-state index >= 15 is 0 Å². The third-order valence-corrected chi connectivity index (χ3v) is 0.322. The van der Waals surface area contributed by atoms with E-state index in [1.165, 1.54) is 0 Å². The summed E-state index contributed by atoms with van der Waals surface area (Å²) >= 11 is 0. The van der Waals surface area contributed by atoms with Gasteiger partial charge in [0, 0.05) is 5.54 Å². The molecular formula is C5H8ClMgN. The van der Waals surface area contributed by atoms with Crippen LogP contribution >= 0.6 is 0 Å². The molecule has 0 aliphatic heterocycles. The van der Waals surface area contributed by atoms with Gasteiger partial charge in [-0.2, -0.15) is 0 Å². The van der Waals surface area contributed by atoms with Gasteiger partial charge < -0.3 is 30.5 Å². The van der Waals surface area contributed by atoms with E-state index in [0.717, 1.165) is 0 Å². The van der Waals surface area contributed by atoms with Gasteiger partial charge >= 0.3 is 23.1 Å². The van der Waals surface area contributed by atoms with Crippen LogP contribution in [0.25, 0.3) is 0 Å². The Morgan fingerprint density at radius 1 is 1.50 bits per heavy atom. The molecule has 42 valence electrons. The van der Waals surface area contributed by atoms with Crippen LogP contribution in [0.2, 0.25) is 0 Å². The van der Waals surface area contributed by atoms with Gasteiger partial charge in [-0.15, -0.1) is 0 Å². The molecule has 0 radical (unpaired) electrons. The molecule has 0 aromatic heterocycles. The summed E-state index contributed by atoms with van der Waals surface area (Å²) in [7, 11) is 0. The summed E-state index contributed by atoms with van der Waals surface area (Å²) in [5.41, 5.74) is 4.69. The van der Waals surface area contributed by atoms with Gasteiger partial charge in [0.1, 0.15) is 0 Å².